The van der Waals surface area contributed by atoms with Crippen LogP contribution in [0.3, 0.4) is 0 Å². The zero-order valence-corrected chi connectivity index (χ0v) is 8.34. The molecule has 2 nitrogen and oxygen atoms in total. The van der Waals surface area contributed by atoms with Gasteiger partial charge in [-0.15, -0.1) is 0 Å². The number of likely N-dealkylation sites (tertiary alicyclic amines) is 1. The van der Waals surface area contributed by atoms with Crippen molar-refractivity contribution in [2.45, 2.75) is 38.1 Å². The van der Waals surface area contributed by atoms with Crippen LogP contribution in [0.25, 0.3) is 0 Å². The number of piperidine rings is 1. The summed E-state index contributed by atoms with van der Waals surface area (Å²) in [6.45, 7) is 3.61. The topological polar surface area (TPSA) is 29.3 Å². The predicted octanol–water partition coefficient (Wildman–Crippen LogP) is 1.21. The van der Waals surface area contributed by atoms with E-state index in [4.69, 9.17) is 5.73 Å². The Morgan fingerprint density at radius 2 is 2.15 bits per heavy atom. The van der Waals surface area contributed by atoms with E-state index >= 15 is 0 Å². The maximum absolute atomic E-state index is 5.82. The van der Waals surface area contributed by atoms with Crippen LogP contribution in [0.2, 0.25) is 0 Å². The van der Waals surface area contributed by atoms with Crippen LogP contribution in [0.4, 0.5) is 0 Å². The molecule has 0 aromatic carbocycles. The summed E-state index contributed by atoms with van der Waals surface area (Å²) in [6, 6.07) is 0.939. The number of nitrogens with zero attached hydrogens (tertiary/aromatic N) is 1. The molecule has 0 spiro atoms. The van der Waals surface area contributed by atoms with Crippen LogP contribution in [-0.4, -0.2) is 30.6 Å². The Kier molecular flexibility index (Phi) is 1.72. The van der Waals surface area contributed by atoms with Crippen molar-refractivity contribution in [1.82, 2.24) is 4.90 Å². The SMILES string of the molecule is NCC1(CN2CC3CCC2C3)CC1. The highest BCUT2D eigenvalue weighted by Gasteiger charge is 2.47. The molecule has 0 amide bonds. The smallest absolute Gasteiger partial charge is 0.00988 e. The molecule has 3 aliphatic rings. The Labute approximate surface area is 80.5 Å². The number of hydrogen-bond acceptors (Lipinski definition) is 2. The van der Waals surface area contributed by atoms with Gasteiger partial charge in [0.1, 0.15) is 0 Å². The van der Waals surface area contributed by atoms with Gasteiger partial charge in [0.2, 0.25) is 0 Å². The highest BCUT2D eigenvalue weighted by Crippen LogP contribution is 2.48. The normalized spacial score (nSPS) is 41.3. The summed E-state index contributed by atoms with van der Waals surface area (Å²) in [4.78, 5) is 2.73. The maximum atomic E-state index is 5.82. The fourth-order valence-electron chi connectivity index (χ4n) is 3.25. The van der Waals surface area contributed by atoms with Crippen molar-refractivity contribution in [2.75, 3.05) is 19.6 Å². The van der Waals surface area contributed by atoms with Crippen molar-refractivity contribution >= 4 is 0 Å². The molecule has 1 aliphatic heterocycles. The van der Waals surface area contributed by atoms with Gasteiger partial charge in [0.05, 0.1) is 0 Å². The monoisotopic (exact) mass is 180 g/mol. The van der Waals surface area contributed by atoms with E-state index in [1.807, 2.05) is 0 Å². The quantitative estimate of drug-likeness (QED) is 0.707. The fourth-order valence-corrected chi connectivity index (χ4v) is 3.25. The fraction of sp³-hybridized carbons (Fsp3) is 1.00. The lowest BCUT2D eigenvalue weighted by atomic mass is 10.0. The first-order chi connectivity index (χ1) is 6.31. The summed E-state index contributed by atoms with van der Waals surface area (Å²) >= 11 is 0. The molecule has 2 atom stereocenters. The lowest BCUT2D eigenvalue weighted by Gasteiger charge is -2.30. The van der Waals surface area contributed by atoms with Crippen molar-refractivity contribution in [3.8, 4) is 0 Å². The van der Waals surface area contributed by atoms with Crippen molar-refractivity contribution in [3.05, 3.63) is 0 Å². The van der Waals surface area contributed by atoms with E-state index in [1.165, 1.54) is 45.2 Å². The van der Waals surface area contributed by atoms with Gasteiger partial charge in [0.15, 0.2) is 0 Å². The van der Waals surface area contributed by atoms with Gasteiger partial charge >= 0.3 is 0 Å². The highest BCUT2D eigenvalue weighted by atomic mass is 15.2. The van der Waals surface area contributed by atoms with Gasteiger partial charge < -0.3 is 5.73 Å². The predicted molar refractivity (Wildman–Crippen MR) is 53.4 cm³/mol. The van der Waals surface area contributed by atoms with Crippen LogP contribution < -0.4 is 5.73 Å². The van der Waals surface area contributed by atoms with Crippen LogP contribution in [0.1, 0.15) is 32.1 Å². The van der Waals surface area contributed by atoms with Crippen LogP contribution in [0.5, 0.6) is 0 Å². The average Bonchev–Trinajstić information content (AvgIpc) is 2.62. The van der Waals surface area contributed by atoms with Gasteiger partial charge in [-0.3, -0.25) is 4.90 Å². The molecule has 3 fully saturated rings. The zero-order valence-electron chi connectivity index (χ0n) is 8.34. The lowest BCUT2D eigenvalue weighted by Crippen LogP contribution is -2.39. The van der Waals surface area contributed by atoms with E-state index in [2.05, 4.69) is 4.90 Å². The molecule has 2 saturated carbocycles. The van der Waals surface area contributed by atoms with E-state index in [-0.39, 0.29) is 0 Å². The summed E-state index contributed by atoms with van der Waals surface area (Å²) in [7, 11) is 0. The molecule has 3 rings (SSSR count). The van der Waals surface area contributed by atoms with Gasteiger partial charge in [-0.1, -0.05) is 0 Å². The Morgan fingerprint density at radius 1 is 1.31 bits per heavy atom. The molecule has 13 heavy (non-hydrogen) atoms. The van der Waals surface area contributed by atoms with E-state index in [1.54, 1.807) is 0 Å². The summed E-state index contributed by atoms with van der Waals surface area (Å²) in [5, 5.41) is 0. The van der Waals surface area contributed by atoms with Crippen molar-refractivity contribution < 1.29 is 0 Å². The van der Waals surface area contributed by atoms with Gasteiger partial charge in [-0.25, -0.2) is 0 Å². The number of hydrogen-bond donors (Lipinski definition) is 1. The third-order valence-electron chi connectivity index (χ3n) is 4.45. The number of fused-ring (bicyclic) bond motifs is 2. The zero-order chi connectivity index (χ0) is 8.89. The number of nitrogens with two attached hydrogens (primary N) is 1. The molecule has 0 radical (unpaired) electrons. The second kappa shape index (κ2) is 2.71. The molecule has 0 aromatic heterocycles. The van der Waals surface area contributed by atoms with Crippen molar-refractivity contribution in [3.63, 3.8) is 0 Å². The first-order valence-electron chi connectivity index (χ1n) is 5.75. The first kappa shape index (κ1) is 8.25. The Morgan fingerprint density at radius 3 is 2.62 bits per heavy atom. The van der Waals surface area contributed by atoms with Crippen LogP contribution in [0, 0.1) is 11.3 Å². The summed E-state index contributed by atoms with van der Waals surface area (Å²) in [6.07, 6.45) is 7.22. The van der Waals surface area contributed by atoms with E-state index < -0.39 is 0 Å². The number of rotatable bonds is 3. The summed E-state index contributed by atoms with van der Waals surface area (Å²) in [5.74, 6) is 1.04. The Hall–Kier alpha value is -0.0800. The third-order valence-corrected chi connectivity index (χ3v) is 4.45. The molecular weight excluding hydrogens is 160 g/mol. The molecule has 2 aliphatic carbocycles. The second-order valence-corrected chi connectivity index (χ2v) is 5.47. The molecule has 0 aromatic rings. The van der Waals surface area contributed by atoms with Gasteiger partial charge in [-0.2, -0.15) is 0 Å². The lowest BCUT2D eigenvalue weighted by molar-refractivity contribution is 0.175. The van der Waals surface area contributed by atoms with Gasteiger partial charge in [-0.05, 0) is 50.0 Å². The largest absolute Gasteiger partial charge is 0.330 e. The average molecular weight is 180 g/mol. The molecule has 74 valence electrons. The van der Waals surface area contributed by atoms with Crippen molar-refractivity contribution in [2.24, 2.45) is 17.1 Å². The minimum Gasteiger partial charge on any atom is -0.330 e. The minimum absolute atomic E-state index is 0.560. The van der Waals surface area contributed by atoms with Crippen LogP contribution >= 0.6 is 0 Å². The third kappa shape index (κ3) is 1.31. The van der Waals surface area contributed by atoms with Gasteiger partial charge in [0.25, 0.3) is 0 Å². The highest BCUT2D eigenvalue weighted by molar-refractivity contribution is 5.01. The molecule has 2 heteroatoms. The summed E-state index contributed by atoms with van der Waals surface area (Å²) < 4.78 is 0. The van der Waals surface area contributed by atoms with E-state index in [9.17, 15) is 0 Å². The van der Waals surface area contributed by atoms with E-state index in [0.29, 0.717) is 5.41 Å². The maximum Gasteiger partial charge on any atom is 0.00988 e. The van der Waals surface area contributed by atoms with Crippen LogP contribution in [0.15, 0.2) is 0 Å². The molecular formula is C11H20N2. The molecule has 2 unspecified atom stereocenters. The van der Waals surface area contributed by atoms with E-state index in [0.717, 1.165) is 18.5 Å². The first-order valence-corrected chi connectivity index (χ1v) is 5.75. The molecule has 1 heterocycles. The standard InChI is InChI=1S/C11H20N2/c12-7-11(3-4-11)8-13-6-9-1-2-10(13)5-9/h9-10H,1-8,12H2. The van der Waals surface area contributed by atoms with Crippen LogP contribution in [-0.2, 0) is 0 Å². The minimum atomic E-state index is 0.560. The summed E-state index contributed by atoms with van der Waals surface area (Å²) in [5.41, 5.74) is 6.38. The molecule has 2 N–H and O–H groups in total. The van der Waals surface area contributed by atoms with Gasteiger partial charge in [0, 0.05) is 19.1 Å². The van der Waals surface area contributed by atoms with Crippen molar-refractivity contribution in [1.29, 1.82) is 0 Å². The second-order valence-electron chi connectivity index (χ2n) is 5.47. The Bertz CT molecular complexity index is 210. The molecule has 1 saturated heterocycles. The Balaban J connectivity index is 1.62. The molecule has 2 bridgehead atoms.